The lowest BCUT2D eigenvalue weighted by molar-refractivity contribution is 0.0226. The maximum atomic E-state index is 12.3. The summed E-state index contributed by atoms with van der Waals surface area (Å²) in [7, 11) is 1.61. The van der Waals surface area contributed by atoms with Gasteiger partial charge in [0.15, 0.2) is 0 Å². The molecule has 31 heavy (non-hydrogen) atoms. The Balaban J connectivity index is 1.62. The molecule has 0 bridgehead atoms. The molecular weight excluding hydrogens is 392 g/mol. The maximum absolute atomic E-state index is 12.3. The van der Waals surface area contributed by atoms with E-state index >= 15 is 0 Å². The van der Waals surface area contributed by atoms with E-state index in [0.29, 0.717) is 23.9 Å². The molecule has 6 nitrogen and oxygen atoms in total. The lowest BCUT2D eigenvalue weighted by atomic mass is 10.1. The quantitative estimate of drug-likeness (QED) is 0.518. The van der Waals surface area contributed by atoms with E-state index in [1.165, 1.54) is 5.56 Å². The van der Waals surface area contributed by atoms with Crippen LogP contribution in [0.2, 0.25) is 0 Å². The van der Waals surface area contributed by atoms with Crippen LogP contribution in [0.15, 0.2) is 63.8 Å². The molecule has 1 fully saturated rings. The highest BCUT2D eigenvalue weighted by molar-refractivity contribution is 5.81. The second kappa shape index (κ2) is 10.1. The first-order valence-electron chi connectivity index (χ1n) is 10.8. The van der Waals surface area contributed by atoms with Gasteiger partial charge in [-0.15, -0.1) is 0 Å². The number of rotatable bonds is 8. The van der Waals surface area contributed by atoms with Gasteiger partial charge in [0.05, 0.1) is 20.3 Å². The first-order valence-corrected chi connectivity index (χ1v) is 10.8. The number of hydrogen-bond acceptors (Lipinski definition) is 6. The van der Waals surface area contributed by atoms with E-state index in [0.717, 1.165) is 50.3 Å². The van der Waals surface area contributed by atoms with Crippen LogP contribution in [0.3, 0.4) is 0 Å². The van der Waals surface area contributed by atoms with E-state index in [1.54, 1.807) is 19.2 Å². The smallest absolute Gasteiger partial charge is 0.336 e. The lowest BCUT2D eigenvalue weighted by Crippen LogP contribution is -2.45. The van der Waals surface area contributed by atoms with Crippen molar-refractivity contribution in [2.24, 2.45) is 0 Å². The van der Waals surface area contributed by atoms with Gasteiger partial charge in [0.1, 0.15) is 11.3 Å². The molecule has 1 unspecified atom stereocenters. The van der Waals surface area contributed by atoms with E-state index < -0.39 is 0 Å². The topological polar surface area (TPSA) is 55.2 Å². The lowest BCUT2D eigenvalue weighted by Gasteiger charge is -2.35. The predicted molar refractivity (Wildman–Crippen MR) is 121 cm³/mol. The third-order valence-corrected chi connectivity index (χ3v) is 5.89. The summed E-state index contributed by atoms with van der Waals surface area (Å²) in [4.78, 5) is 17.2. The average molecular weight is 423 g/mol. The summed E-state index contributed by atoms with van der Waals surface area (Å²) < 4.78 is 16.2. The van der Waals surface area contributed by atoms with Crippen molar-refractivity contribution in [3.05, 3.63) is 76.1 Å². The molecular formula is C25H30N2O4. The second-order valence-electron chi connectivity index (χ2n) is 8.11. The van der Waals surface area contributed by atoms with E-state index in [2.05, 4.69) is 41.0 Å². The van der Waals surface area contributed by atoms with Crippen LogP contribution < -0.4 is 10.4 Å². The van der Waals surface area contributed by atoms with Crippen LogP contribution in [0.25, 0.3) is 11.0 Å². The van der Waals surface area contributed by atoms with Crippen molar-refractivity contribution in [2.45, 2.75) is 26.1 Å². The second-order valence-corrected chi connectivity index (χ2v) is 8.11. The van der Waals surface area contributed by atoms with Crippen LogP contribution in [-0.2, 0) is 17.8 Å². The number of nitrogens with zero attached hydrogens (tertiary/aromatic N) is 2. The fourth-order valence-electron chi connectivity index (χ4n) is 4.15. The van der Waals surface area contributed by atoms with Crippen LogP contribution in [0.5, 0.6) is 5.75 Å². The van der Waals surface area contributed by atoms with Gasteiger partial charge in [-0.3, -0.25) is 9.80 Å². The van der Waals surface area contributed by atoms with Crippen LogP contribution in [0, 0.1) is 0 Å². The number of morpholine rings is 1. The highest BCUT2D eigenvalue weighted by Gasteiger charge is 2.21. The van der Waals surface area contributed by atoms with Crippen LogP contribution in [0.1, 0.15) is 18.1 Å². The number of benzene rings is 2. The molecule has 0 radical (unpaired) electrons. The van der Waals surface area contributed by atoms with E-state index in [-0.39, 0.29) is 5.63 Å². The van der Waals surface area contributed by atoms with Gasteiger partial charge in [0.2, 0.25) is 0 Å². The summed E-state index contributed by atoms with van der Waals surface area (Å²) in [5, 5.41) is 0.942. The number of ether oxygens (including phenoxy) is 2. The normalized spacial score (nSPS) is 16.0. The van der Waals surface area contributed by atoms with Gasteiger partial charge in [0, 0.05) is 56.3 Å². The summed E-state index contributed by atoms with van der Waals surface area (Å²) in [6, 6.07) is 18.1. The summed E-state index contributed by atoms with van der Waals surface area (Å²) in [6.07, 6.45) is 0. The average Bonchev–Trinajstić information content (AvgIpc) is 2.79. The van der Waals surface area contributed by atoms with Crippen LogP contribution in [0.4, 0.5) is 0 Å². The third kappa shape index (κ3) is 5.53. The number of fused-ring (bicyclic) bond motifs is 1. The van der Waals surface area contributed by atoms with Gasteiger partial charge < -0.3 is 13.9 Å². The fraction of sp³-hybridized carbons (Fsp3) is 0.400. The zero-order chi connectivity index (χ0) is 21.6. The Morgan fingerprint density at radius 2 is 1.84 bits per heavy atom. The van der Waals surface area contributed by atoms with Crippen molar-refractivity contribution >= 4 is 11.0 Å². The zero-order valence-corrected chi connectivity index (χ0v) is 18.3. The molecule has 0 amide bonds. The standard InChI is InChI=1S/C25H30N2O4/c1-19(16-26-10-12-30-13-11-26)27(17-20-6-4-3-5-7-20)18-21-14-25(28)31-24-15-22(29-2)8-9-23(21)24/h3-9,14-15,19H,10-13,16-18H2,1-2H3. The van der Waals surface area contributed by atoms with Crippen LogP contribution in [-0.4, -0.2) is 55.8 Å². The molecule has 2 aromatic carbocycles. The number of methoxy groups -OCH3 is 1. The maximum Gasteiger partial charge on any atom is 0.336 e. The third-order valence-electron chi connectivity index (χ3n) is 5.89. The molecule has 1 saturated heterocycles. The summed E-state index contributed by atoms with van der Waals surface area (Å²) >= 11 is 0. The van der Waals surface area contributed by atoms with Crippen molar-refractivity contribution in [2.75, 3.05) is 40.0 Å². The molecule has 0 aliphatic carbocycles. The van der Waals surface area contributed by atoms with Crippen molar-refractivity contribution in [3.8, 4) is 5.75 Å². The molecule has 4 rings (SSSR count). The van der Waals surface area contributed by atoms with Crippen molar-refractivity contribution < 1.29 is 13.9 Å². The van der Waals surface area contributed by atoms with Gasteiger partial charge in [-0.1, -0.05) is 30.3 Å². The monoisotopic (exact) mass is 422 g/mol. The van der Waals surface area contributed by atoms with E-state index in [4.69, 9.17) is 13.9 Å². The minimum Gasteiger partial charge on any atom is -0.497 e. The summed E-state index contributed by atoms with van der Waals surface area (Å²) in [5.41, 5.74) is 2.45. The Bertz CT molecular complexity index is 1040. The fourth-order valence-corrected chi connectivity index (χ4v) is 4.15. The van der Waals surface area contributed by atoms with E-state index in [9.17, 15) is 4.79 Å². The molecule has 0 saturated carbocycles. The zero-order valence-electron chi connectivity index (χ0n) is 18.3. The highest BCUT2D eigenvalue weighted by atomic mass is 16.5. The SMILES string of the molecule is COc1ccc2c(CN(Cc3ccccc3)C(C)CN3CCOCC3)cc(=O)oc2c1. The Morgan fingerprint density at radius 3 is 2.58 bits per heavy atom. The first-order chi connectivity index (χ1) is 15.1. The molecule has 1 aromatic heterocycles. The Hall–Kier alpha value is -2.67. The highest BCUT2D eigenvalue weighted by Crippen LogP contribution is 2.25. The predicted octanol–water partition coefficient (Wildman–Crippen LogP) is 3.52. The molecule has 2 heterocycles. The van der Waals surface area contributed by atoms with Gasteiger partial charge in [0.25, 0.3) is 0 Å². The minimum atomic E-state index is -0.337. The van der Waals surface area contributed by atoms with E-state index in [1.807, 2.05) is 18.2 Å². The summed E-state index contributed by atoms with van der Waals surface area (Å²) in [5.74, 6) is 0.676. The van der Waals surface area contributed by atoms with Crippen molar-refractivity contribution in [1.29, 1.82) is 0 Å². The Morgan fingerprint density at radius 1 is 1.06 bits per heavy atom. The largest absolute Gasteiger partial charge is 0.497 e. The molecule has 1 atom stereocenters. The van der Waals surface area contributed by atoms with Gasteiger partial charge in [-0.2, -0.15) is 0 Å². The molecule has 1 aliphatic rings. The van der Waals surface area contributed by atoms with Gasteiger partial charge in [-0.25, -0.2) is 4.79 Å². The molecule has 0 N–H and O–H groups in total. The van der Waals surface area contributed by atoms with Gasteiger partial charge in [-0.05, 0) is 30.2 Å². The minimum absolute atomic E-state index is 0.304. The molecule has 164 valence electrons. The van der Waals surface area contributed by atoms with Crippen molar-refractivity contribution in [3.63, 3.8) is 0 Å². The Kier molecular flexibility index (Phi) is 7.02. The van der Waals surface area contributed by atoms with Crippen LogP contribution >= 0.6 is 0 Å². The number of hydrogen-bond donors (Lipinski definition) is 0. The molecule has 0 spiro atoms. The summed E-state index contributed by atoms with van der Waals surface area (Å²) in [6.45, 7) is 8.19. The molecule has 6 heteroatoms. The molecule has 1 aliphatic heterocycles. The Labute approximate surface area is 183 Å². The molecule has 3 aromatic rings. The van der Waals surface area contributed by atoms with Crippen molar-refractivity contribution in [1.82, 2.24) is 9.80 Å². The van der Waals surface area contributed by atoms with Gasteiger partial charge >= 0.3 is 5.63 Å². The first kappa shape index (κ1) is 21.6.